The Labute approximate surface area is 148 Å². The zero-order valence-electron chi connectivity index (χ0n) is 14.8. The summed E-state index contributed by atoms with van der Waals surface area (Å²) in [6.45, 7) is 5.79. The summed E-state index contributed by atoms with van der Waals surface area (Å²) in [5.41, 5.74) is 2.89. The van der Waals surface area contributed by atoms with Crippen LogP contribution in [0.5, 0.6) is 5.75 Å². The highest BCUT2D eigenvalue weighted by Crippen LogP contribution is 2.35. The number of phenols is 1. The van der Waals surface area contributed by atoms with Crippen LogP contribution in [-0.2, 0) is 4.79 Å². The average molecular weight is 333 g/mol. The van der Waals surface area contributed by atoms with E-state index in [1.165, 1.54) is 12.5 Å². The van der Waals surface area contributed by atoms with E-state index in [2.05, 4.69) is 31.3 Å². The highest BCUT2D eigenvalue weighted by molar-refractivity contribution is 5.89. The van der Waals surface area contributed by atoms with Gasteiger partial charge in [0.15, 0.2) is 0 Å². The fraction of sp³-hybridized carbons (Fsp3) is 0.227. The summed E-state index contributed by atoms with van der Waals surface area (Å²) >= 11 is 0. The van der Waals surface area contributed by atoms with Crippen LogP contribution in [-0.4, -0.2) is 11.0 Å². The van der Waals surface area contributed by atoms with Crippen LogP contribution in [0.25, 0.3) is 10.8 Å². The van der Waals surface area contributed by atoms with E-state index in [0.717, 1.165) is 16.3 Å². The molecule has 0 saturated heterocycles. The van der Waals surface area contributed by atoms with Crippen molar-refractivity contribution in [2.24, 2.45) is 0 Å². The van der Waals surface area contributed by atoms with Crippen molar-refractivity contribution in [3.05, 3.63) is 77.4 Å². The third-order valence-corrected chi connectivity index (χ3v) is 4.53. The Morgan fingerprint density at radius 2 is 1.56 bits per heavy atom. The van der Waals surface area contributed by atoms with Gasteiger partial charge in [-0.1, -0.05) is 74.5 Å². The Kier molecular flexibility index (Phi) is 4.75. The quantitative estimate of drug-likeness (QED) is 0.714. The molecule has 3 rings (SSSR count). The normalized spacial score (nSPS) is 12.3. The first kappa shape index (κ1) is 17.0. The van der Waals surface area contributed by atoms with E-state index in [-0.39, 0.29) is 17.7 Å². The molecule has 0 bridgehead atoms. The summed E-state index contributed by atoms with van der Waals surface area (Å²) in [5.74, 6) is 0.526. The highest BCUT2D eigenvalue weighted by Gasteiger charge is 2.20. The van der Waals surface area contributed by atoms with Gasteiger partial charge in [-0.25, -0.2) is 0 Å². The molecule has 1 amide bonds. The molecule has 2 N–H and O–H groups in total. The smallest absolute Gasteiger partial charge is 0.217 e. The van der Waals surface area contributed by atoms with Crippen LogP contribution in [0, 0.1) is 0 Å². The van der Waals surface area contributed by atoms with Crippen molar-refractivity contribution in [2.45, 2.75) is 32.7 Å². The minimum Gasteiger partial charge on any atom is -0.507 e. The Morgan fingerprint density at radius 1 is 0.920 bits per heavy atom. The minimum absolute atomic E-state index is 0.134. The first-order valence-corrected chi connectivity index (χ1v) is 8.55. The van der Waals surface area contributed by atoms with Gasteiger partial charge >= 0.3 is 0 Å². The lowest BCUT2D eigenvalue weighted by Gasteiger charge is -2.21. The van der Waals surface area contributed by atoms with Crippen molar-refractivity contribution in [1.82, 2.24) is 5.32 Å². The first-order chi connectivity index (χ1) is 12.0. The maximum atomic E-state index is 11.8. The maximum Gasteiger partial charge on any atom is 0.217 e. The summed E-state index contributed by atoms with van der Waals surface area (Å²) < 4.78 is 0. The molecule has 0 unspecified atom stereocenters. The van der Waals surface area contributed by atoms with Crippen molar-refractivity contribution in [3.8, 4) is 5.75 Å². The van der Waals surface area contributed by atoms with Gasteiger partial charge in [-0.15, -0.1) is 0 Å². The van der Waals surface area contributed by atoms with Crippen LogP contribution in [0.15, 0.2) is 60.7 Å². The zero-order chi connectivity index (χ0) is 18.0. The van der Waals surface area contributed by atoms with Crippen LogP contribution in [0.3, 0.4) is 0 Å². The molecule has 0 aliphatic carbocycles. The lowest BCUT2D eigenvalue weighted by Crippen LogP contribution is -2.27. The molecule has 3 aromatic rings. The van der Waals surface area contributed by atoms with Gasteiger partial charge in [0.25, 0.3) is 0 Å². The van der Waals surface area contributed by atoms with Crippen LogP contribution < -0.4 is 5.32 Å². The minimum atomic E-state index is -0.386. The van der Waals surface area contributed by atoms with Crippen LogP contribution in [0.2, 0.25) is 0 Å². The molecule has 1 atom stereocenters. The van der Waals surface area contributed by atoms with E-state index in [9.17, 15) is 9.90 Å². The van der Waals surface area contributed by atoms with Crippen molar-refractivity contribution in [2.75, 3.05) is 0 Å². The SMILES string of the molecule is CC(=O)N[C@@H](c1ccc(C(C)C)cc1)c1ccc2ccccc2c1O. The monoisotopic (exact) mass is 333 g/mol. The van der Waals surface area contributed by atoms with E-state index < -0.39 is 0 Å². The highest BCUT2D eigenvalue weighted by atomic mass is 16.3. The molecular weight excluding hydrogens is 310 g/mol. The van der Waals surface area contributed by atoms with E-state index in [1.54, 1.807) is 0 Å². The van der Waals surface area contributed by atoms with Gasteiger partial charge in [0, 0.05) is 17.9 Å². The number of hydrogen-bond acceptors (Lipinski definition) is 2. The predicted molar refractivity (Wildman–Crippen MR) is 102 cm³/mol. The van der Waals surface area contributed by atoms with Crippen LogP contribution in [0.4, 0.5) is 0 Å². The fourth-order valence-corrected chi connectivity index (χ4v) is 3.12. The number of aromatic hydroxyl groups is 1. The molecule has 128 valence electrons. The van der Waals surface area contributed by atoms with Crippen molar-refractivity contribution < 1.29 is 9.90 Å². The van der Waals surface area contributed by atoms with Crippen LogP contribution in [0.1, 0.15) is 49.4 Å². The summed E-state index contributed by atoms with van der Waals surface area (Å²) in [4.78, 5) is 11.8. The third-order valence-electron chi connectivity index (χ3n) is 4.53. The Balaban J connectivity index is 2.10. The molecule has 0 heterocycles. The standard InChI is InChI=1S/C22H23NO2/c1-14(2)16-8-10-18(11-9-16)21(23-15(3)24)20-13-12-17-6-4-5-7-19(17)22(20)25/h4-14,21,25H,1-3H3,(H,23,24)/t21-/m0/s1. The fourth-order valence-electron chi connectivity index (χ4n) is 3.12. The Hall–Kier alpha value is -2.81. The number of nitrogens with one attached hydrogen (secondary N) is 1. The van der Waals surface area contributed by atoms with E-state index in [0.29, 0.717) is 11.5 Å². The van der Waals surface area contributed by atoms with Gasteiger partial charge in [-0.3, -0.25) is 4.79 Å². The van der Waals surface area contributed by atoms with Crippen molar-refractivity contribution >= 4 is 16.7 Å². The number of amides is 1. The molecular formula is C22H23NO2. The second-order valence-electron chi connectivity index (χ2n) is 6.68. The lowest BCUT2D eigenvalue weighted by molar-refractivity contribution is -0.119. The number of hydrogen-bond donors (Lipinski definition) is 2. The molecule has 25 heavy (non-hydrogen) atoms. The lowest BCUT2D eigenvalue weighted by atomic mass is 9.93. The largest absolute Gasteiger partial charge is 0.507 e. The molecule has 0 aliphatic rings. The molecule has 3 nitrogen and oxygen atoms in total. The topological polar surface area (TPSA) is 49.3 Å². The van der Waals surface area contributed by atoms with Crippen molar-refractivity contribution in [3.63, 3.8) is 0 Å². The number of carbonyl (C=O) groups is 1. The van der Waals surface area contributed by atoms with E-state index in [1.807, 2.05) is 48.5 Å². The van der Waals surface area contributed by atoms with Crippen molar-refractivity contribution in [1.29, 1.82) is 0 Å². The second-order valence-corrected chi connectivity index (χ2v) is 6.68. The molecule has 3 aromatic carbocycles. The first-order valence-electron chi connectivity index (χ1n) is 8.55. The van der Waals surface area contributed by atoms with Gasteiger partial charge in [0.1, 0.15) is 5.75 Å². The van der Waals surface area contributed by atoms with Crippen LogP contribution >= 0.6 is 0 Å². The molecule has 0 aromatic heterocycles. The zero-order valence-corrected chi connectivity index (χ0v) is 14.8. The predicted octanol–water partition coefficient (Wildman–Crippen LogP) is 4.89. The third kappa shape index (κ3) is 3.50. The molecule has 0 spiro atoms. The number of fused-ring (bicyclic) bond motifs is 1. The Bertz CT molecular complexity index is 898. The summed E-state index contributed by atoms with van der Waals surface area (Å²) in [5, 5.41) is 15.5. The summed E-state index contributed by atoms with van der Waals surface area (Å²) in [6, 6.07) is 19.4. The number of carbonyl (C=O) groups excluding carboxylic acids is 1. The van der Waals surface area contributed by atoms with Gasteiger partial charge < -0.3 is 10.4 Å². The van der Waals surface area contributed by atoms with E-state index in [4.69, 9.17) is 0 Å². The second kappa shape index (κ2) is 6.98. The summed E-state index contributed by atoms with van der Waals surface area (Å²) in [7, 11) is 0. The number of phenolic OH excluding ortho intramolecular Hbond substituents is 1. The van der Waals surface area contributed by atoms with Gasteiger partial charge in [-0.2, -0.15) is 0 Å². The van der Waals surface area contributed by atoms with E-state index >= 15 is 0 Å². The Morgan fingerprint density at radius 3 is 2.20 bits per heavy atom. The van der Waals surface area contributed by atoms with Gasteiger partial charge in [-0.05, 0) is 22.4 Å². The number of rotatable bonds is 4. The number of benzene rings is 3. The summed E-state index contributed by atoms with van der Waals surface area (Å²) in [6.07, 6.45) is 0. The molecule has 0 saturated carbocycles. The maximum absolute atomic E-state index is 11.8. The average Bonchev–Trinajstić information content (AvgIpc) is 2.60. The molecule has 0 radical (unpaired) electrons. The van der Waals surface area contributed by atoms with Gasteiger partial charge in [0.05, 0.1) is 6.04 Å². The molecule has 3 heteroatoms. The molecule has 0 fully saturated rings. The van der Waals surface area contributed by atoms with Gasteiger partial charge in [0.2, 0.25) is 5.91 Å². The molecule has 0 aliphatic heterocycles.